The van der Waals surface area contributed by atoms with Gasteiger partial charge in [-0.15, -0.1) is 0 Å². The number of nitrogens with one attached hydrogen (secondary N) is 1. The van der Waals surface area contributed by atoms with Gasteiger partial charge in [-0.05, 0) is 55.2 Å². The van der Waals surface area contributed by atoms with Crippen LogP contribution in [0, 0.1) is 6.92 Å². The Bertz CT molecular complexity index is 725. The molecule has 0 aliphatic heterocycles. The fraction of sp³-hybridized carbons (Fsp3) is 0.300. The number of carbonyl (C=O) groups is 2. The Labute approximate surface area is 147 Å². The maximum atomic E-state index is 12.4. The van der Waals surface area contributed by atoms with Crippen molar-refractivity contribution < 1.29 is 19.4 Å². The molecule has 0 saturated carbocycles. The van der Waals surface area contributed by atoms with E-state index in [2.05, 4.69) is 5.32 Å². The first-order valence-corrected chi connectivity index (χ1v) is 8.33. The van der Waals surface area contributed by atoms with E-state index in [1.807, 2.05) is 50.2 Å². The van der Waals surface area contributed by atoms with E-state index in [0.717, 1.165) is 11.1 Å². The summed E-state index contributed by atoms with van der Waals surface area (Å²) in [6, 6.07) is 14.8. The lowest BCUT2D eigenvalue weighted by molar-refractivity contribution is -0.137. The van der Waals surface area contributed by atoms with Crippen LogP contribution in [-0.2, 0) is 16.0 Å². The summed E-state index contributed by atoms with van der Waals surface area (Å²) in [4.78, 5) is 23.0. The van der Waals surface area contributed by atoms with Gasteiger partial charge in [0.05, 0.1) is 0 Å². The van der Waals surface area contributed by atoms with Crippen molar-refractivity contribution in [3.8, 4) is 5.75 Å². The van der Waals surface area contributed by atoms with E-state index < -0.39 is 12.1 Å². The number of ether oxygens (including phenoxy) is 1. The molecule has 0 aromatic heterocycles. The summed E-state index contributed by atoms with van der Waals surface area (Å²) in [5.74, 6) is -0.357. The monoisotopic (exact) mass is 341 g/mol. The number of carbonyl (C=O) groups excluding carboxylic acids is 1. The van der Waals surface area contributed by atoms with Gasteiger partial charge >= 0.3 is 5.97 Å². The number of hydrogen-bond donors (Lipinski definition) is 2. The van der Waals surface area contributed by atoms with E-state index in [9.17, 15) is 9.59 Å². The number of rotatable bonds is 8. The van der Waals surface area contributed by atoms with Crippen molar-refractivity contribution in [1.82, 2.24) is 0 Å². The Balaban J connectivity index is 1.95. The molecular weight excluding hydrogens is 318 g/mol. The lowest BCUT2D eigenvalue weighted by atomic mass is 10.1. The van der Waals surface area contributed by atoms with Gasteiger partial charge in [0.1, 0.15) is 5.75 Å². The van der Waals surface area contributed by atoms with E-state index in [1.54, 1.807) is 12.1 Å². The molecule has 1 amide bonds. The highest BCUT2D eigenvalue weighted by atomic mass is 16.5. The van der Waals surface area contributed by atoms with Gasteiger partial charge in [-0.25, -0.2) is 0 Å². The number of hydrogen-bond acceptors (Lipinski definition) is 3. The lowest BCUT2D eigenvalue weighted by Gasteiger charge is -2.17. The first-order chi connectivity index (χ1) is 12.0. The molecule has 0 spiro atoms. The molecule has 2 rings (SSSR count). The number of benzene rings is 2. The zero-order chi connectivity index (χ0) is 18.2. The molecular formula is C20H23NO4. The highest BCUT2D eigenvalue weighted by Gasteiger charge is 2.18. The summed E-state index contributed by atoms with van der Waals surface area (Å²) in [5, 5.41) is 11.5. The molecule has 2 aromatic rings. The number of carboxylic acid groups (broad SMARTS) is 1. The molecule has 0 fully saturated rings. The summed E-state index contributed by atoms with van der Waals surface area (Å²) in [6.45, 7) is 3.87. The first kappa shape index (κ1) is 18.5. The highest BCUT2D eigenvalue weighted by molar-refractivity contribution is 5.94. The zero-order valence-corrected chi connectivity index (χ0v) is 14.5. The molecule has 1 atom stereocenters. The van der Waals surface area contributed by atoms with Crippen LogP contribution in [0.4, 0.5) is 5.69 Å². The third-order valence-electron chi connectivity index (χ3n) is 3.78. The largest absolute Gasteiger partial charge is 0.481 e. The van der Waals surface area contributed by atoms with Gasteiger partial charge in [-0.3, -0.25) is 9.59 Å². The molecule has 0 bridgehead atoms. The molecule has 0 aliphatic rings. The second-order valence-corrected chi connectivity index (χ2v) is 5.91. The fourth-order valence-corrected chi connectivity index (χ4v) is 2.40. The second-order valence-electron chi connectivity index (χ2n) is 5.91. The molecule has 5 nitrogen and oxygen atoms in total. The van der Waals surface area contributed by atoms with Crippen LogP contribution in [0.25, 0.3) is 0 Å². The van der Waals surface area contributed by atoms with E-state index in [0.29, 0.717) is 24.3 Å². The van der Waals surface area contributed by atoms with Crippen molar-refractivity contribution in [2.75, 3.05) is 5.32 Å². The summed E-state index contributed by atoms with van der Waals surface area (Å²) in [7, 11) is 0. The highest BCUT2D eigenvalue weighted by Crippen LogP contribution is 2.17. The minimum absolute atomic E-state index is 0.0912. The predicted octanol–water partition coefficient (Wildman–Crippen LogP) is 3.81. The Morgan fingerprint density at radius 3 is 2.48 bits per heavy atom. The van der Waals surface area contributed by atoms with E-state index >= 15 is 0 Å². The molecule has 0 heterocycles. The second kappa shape index (κ2) is 8.87. The average Bonchev–Trinajstić information content (AvgIpc) is 2.59. The Morgan fingerprint density at radius 1 is 1.16 bits per heavy atom. The summed E-state index contributed by atoms with van der Waals surface area (Å²) >= 11 is 0. The van der Waals surface area contributed by atoms with Crippen LogP contribution in [0.2, 0.25) is 0 Å². The molecule has 1 unspecified atom stereocenters. The molecule has 2 aromatic carbocycles. The molecule has 5 heteroatoms. The van der Waals surface area contributed by atoms with E-state index in [-0.39, 0.29) is 12.3 Å². The molecule has 0 saturated heterocycles. The molecule has 0 aliphatic carbocycles. The predicted molar refractivity (Wildman–Crippen MR) is 96.9 cm³/mol. The van der Waals surface area contributed by atoms with Crippen LogP contribution >= 0.6 is 0 Å². The van der Waals surface area contributed by atoms with Crippen LogP contribution in [-0.4, -0.2) is 23.1 Å². The molecule has 132 valence electrons. The smallest absolute Gasteiger partial charge is 0.303 e. The molecule has 0 radical (unpaired) electrons. The fourth-order valence-electron chi connectivity index (χ4n) is 2.40. The van der Waals surface area contributed by atoms with E-state index in [1.165, 1.54) is 0 Å². The Kier molecular flexibility index (Phi) is 6.57. The number of aliphatic carboxylic acids is 1. The van der Waals surface area contributed by atoms with Crippen LogP contribution in [0.5, 0.6) is 5.75 Å². The Morgan fingerprint density at radius 2 is 1.88 bits per heavy atom. The summed E-state index contributed by atoms with van der Waals surface area (Å²) in [5.41, 5.74) is 2.66. The maximum absolute atomic E-state index is 12.4. The van der Waals surface area contributed by atoms with Crippen LogP contribution < -0.4 is 10.1 Å². The topological polar surface area (TPSA) is 75.6 Å². The number of carboxylic acids is 1. The van der Waals surface area contributed by atoms with Crippen molar-refractivity contribution in [2.45, 2.75) is 39.2 Å². The average molecular weight is 341 g/mol. The number of amides is 1. The SMILES string of the molecule is CCC(Oc1cccc(C)c1)C(=O)Nc1ccc(CCC(=O)O)cc1. The van der Waals surface area contributed by atoms with Crippen LogP contribution in [0.3, 0.4) is 0 Å². The zero-order valence-electron chi connectivity index (χ0n) is 14.5. The molecule has 25 heavy (non-hydrogen) atoms. The quantitative estimate of drug-likeness (QED) is 0.765. The lowest BCUT2D eigenvalue weighted by Crippen LogP contribution is -2.32. The normalized spacial score (nSPS) is 11.6. The van der Waals surface area contributed by atoms with Gasteiger partial charge in [-0.1, -0.05) is 31.2 Å². The van der Waals surface area contributed by atoms with Gasteiger partial charge in [-0.2, -0.15) is 0 Å². The third-order valence-corrected chi connectivity index (χ3v) is 3.78. The van der Waals surface area contributed by atoms with E-state index in [4.69, 9.17) is 9.84 Å². The van der Waals surface area contributed by atoms with Gasteiger partial charge in [0.25, 0.3) is 5.91 Å². The number of anilines is 1. The number of aryl methyl sites for hydroxylation is 2. The van der Waals surface area contributed by atoms with Gasteiger partial charge < -0.3 is 15.2 Å². The van der Waals surface area contributed by atoms with Crippen LogP contribution in [0.15, 0.2) is 48.5 Å². The van der Waals surface area contributed by atoms with Gasteiger partial charge in [0.2, 0.25) is 0 Å². The summed E-state index contributed by atoms with van der Waals surface area (Å²) in [6.07, 6.45) is 0.538. The standard InChI is InChI=1S/C20H23NO4/c1-3-18(25-17-6-4-5-14(2)13-17)20(24)21-16-10-7-15(8-11-16)9-12-19(22)23/h4-8,10-11,13,18H,3,9,12H2,1-2H3,(H,21,24)(H,22,23). The Hall–Kier alpha value is -2.82. The van der Waals surface area contributed by atoms with Gasteiger partial charge in [0, 0.05) is 12.1 Å². The summed E-state index contributed by atoms with van der Waals surface area (Å²) < 4.78 is 5.79. The maximum Gasteiger partial charge on any atom is 0.303 e. The third kappa shape index (κ3) is 5.95. The van der Waals surface area contributed by atoms with Crippen molar-refractivity contribution in [1.29, 1.82) is 0 Å². The molecule has 2 N–H and O–H groups in total. The van der Waals surface area contributed by atoms with Crippen molar-refractivity contribution >= 4 is 17.6 Å². The van der Waals surface area contributed by atoms with Crippen molar-refractivity contribution in [2.24, 2.45) is 0 Å². The first-order valence-electron chi connectivity index (χ1n) is 8.33. The minimum atomic E-state index is -0.823. The van der Waals surface area contributed by atoms with Crippen LogP contribution in [0.1, 0.15) is 30.9 Å². The van der Waals surface area contributed by atoms with Crippen molar-refractivity contribution in [3.05, 3.63) is 59.7 Å². The van der Waals surface area contributed by atoms with Crippen molar-refractivity contribution in [3.63, 3.8) is 0 Å². The minimum Gasteiger partial charge on any atom is -0.481 e. The van der Waals surface area contributed by atoms with Gasteiger partial charge in [0.15, 0.2) is 6.10 Å².